The molecule has 118 valence electrons. The number of aromatic hydroxyl groups is 2. The average molecular weight is 301 g/mol. The summed E-state index contributed by atoms with van der Waals surface area (Å²) in [5.74, 6) is 0.767. The molecule has 0 atom stereocenters. The van der Waals surface area contributed by atoms with Gasteiger partial charge in [0.15, 0.2) is 11.5 Å². The monoisotopic (exact) mass is 301 g/mol. The minimum Gasteiger partial charge on any atom is -0.504 e. The lowest BCUT2D eigenvalue weighted by Crippen LogP contribution is -2.19. The summed E-state index contributed by atoms with van der Waals surface area (Å²) in [6, 6.07) is 13.1. The highest BCUT2D eigenvalue weighted by Gasteiger charge is 2.00. The fraction of sp³-hybridized carbons (Fsp3) is 0.333. The van der Waals surface area contributed by atoms with Crippen LogP contribution in [0.5, 0.6) is 17.2 Å². The molecule has 0 amide bonds. The van der Waals surface area contributed by atoms with Crippen LogP contribution in [0.2, 0.25) is 0 Å². The van der Waals surface area contributed by atoms with E-state index in [1.165, 1.54) is 11.6 Å². The van der Waals surface area contributed by atoms with Gasteiger partial charge in [0.2, 0.25) is 0 Å². The molecule has 0 bridgehead atoms. The third-order valence-electron chi connectivity index (χ3n) is 3.58. The second-order valence-corrected chi connectivity index (χ2v) is 5.28. The molecule has 0 aliphatic rings. The van der Waals surface area contributed by atoms with Crippen molar-refractivity contribution in [2.45, 2.75) is 19.3 Å². The summed E-state index contributed by atoms with van der Waals surface area (Å²) in [6.45, 7) is 1.80. The maximum atomic E-state index is 9.43. The average Bonchev–Trinajstić information content (AvgIpc) is 2.54. The minimum absolute atomic E-state index is 0.0597. The summed E-state index contributed by atoms with van der Waals surface area (Å²) >= 11 is 0. The molecular formula is C18H23NO3. The Bertz CT molecular complexity index is 599. The Balaban J connectivity index is 1.63. The molecule has 0 unspecified atom stereocenters. The Hall–Kier alpha value is -2.20. The zero-order valence-electron chi connectivity index (χ0n) is 12.9. The maximum Gasteiger partial charge on any atom is 0.157 e. The van der Waals surface area contributed by atoms with Gasteiger partial charge < -0.3 is 20.3 Å². The fourth-order valence-corrected chi connectivity index (χ4v) is 2.33. The number of phenols is 2. The highest BCUT2D eigenvalue weighted by Crippen LogP contribution is 2.24. The third-order valence-corrected chi connectivity index (χ3v) is 3.58. The van der Waals surface area contributed by atoms with Gasteiger partial charge in [-0.3, -0.25) is 0 Å². The van der Waals surface area contributed by atoms with Crippen LogP contribution in [0.25, 0.3) is 0 Å². The molecule has 4 nitrogen and oxygen atoms in total. The molecule has 0 aliphatic heterocycles. The molecule has 0 saturated heterocycles. The van der Waals surface area contributed by atoms with Gasteiger partial charge in [-0.25, -0.2) is 0 Å². The van der Waals surface area contributed by atoms with E-state index >= 15 is 0 Å². The van der Waals surface area contributed by atoms with E-state index in [1.807, 2.05) is 18.2 Å². The van der Waals surface area contributed by atoms with Gasteiger partial charge in [0.05, 0.1) is 7.11 Å². The quantitative estimate of drug-likeness (QED) is 0.518. The molecule has 0 aliphatic carbocycles. The van der Waals surface area contributed by atoms with Crippen molar-refractivity contribution >= 4 is 0 Å². The standard InChI is InChI=1S/C18H23NO3/c1-22-16-6-2-4-14(12-16)5-3-10-19-11-9-15-7-8-17(20)18(21)13-15/h2,4,6-8,12-13,19-21H,3,5,9-11H2,1H3. The predicted octanol–water partition coefficient (Wildman–Crippen LogP) is 2.87. The van der Waals surface area contributed by atoms with Crippen LogP contribution in [-0.4, -0.2) is 30.4 Å². The Morgan fingerprint density at radius 2 is 1.73 bits per heavy atom. The molecule has 22 heavy (non-hydrogen) atoms. The Morgan fingerprint density at radius 1 is 0.909 bits per heavy atom. The van der Waals surface area contributed by atoms with E-state index in [2.05, 4.69) is 17.4 Å². The summed E-state index contributed by atoms with van der Waals surface area (Å²) in [6.07, 6.45) is 2.91. The Kier molecular flexibility index (Phi) is 6.10. The molecule has 0 saturated carbocycles. The van der Waals surface area contributed by atoms with Crippen molar-refractivity contribution in [2.24, 2.45) is 0 Å². The first-order valence-electron chi connectivity index (χ1n) is 7.53. The number of phenolic OH excluding ortho intramolecular Hbond substituents is 2. The van der Waals surface area contributed by atoms with Crippen molar-refractivity contribution in [1.29, 1.82) is 0 Å². The van der Waals surface area contributed by atoms with Crippen LogP contribution in [0.4, 0.5) is 0 Å². The molecule has 0 aromatic heterocycles. The Morgan fingerprint density at radius 3 is 2.50 bits per heavy atom. The third kappa shape index (κ3) is 4.97. The van der Waals surface area contributed by atoms with Crippen molar-refractivity contribution < 1.29 is 14.9 Å². The lowest BCUT2D eigenvalue weighted by atomic mass is 10.1. The van der Waals surface area contributed by atoms with Crippen LogP contribution in [0.1, 0.15) is 17.5 Å². The first-order chi connectivity index (χ1) is 10.7. The molecule has 4 heteroatoms. The first kappa shape index (κ1) is 16.2. The summed E-state index contributed by atoms with van der Waals surface area (Å²) in [7, 11) is 1.68. The van der Waals surface area contributed by atoms with Crippen molar-refractivity contribution in [2.75, 3.05) is 20.2 Å². The summed E-state index contributed by atoms with van der Waals surface area (Å²) in [4.78, 5) is 0. The van der Waals surface area contributed by atoms with Gasteiger partial charge in [-0.05, 0) is 67.7 Å². The zero-order chi connectivity index (χ0) is 15.8. The van der Waals surface area contributed by atoms with E-state index in [9.17, 15) is 10.2 Å². The maximum absolute atomic E-state index is 9.43. The van der Waals surface area contributed by atoms with E-state index in [4.69, 9.17) is 4.74 Å². The lowest BCUT2D eigenvalue weighted by molar-refractivity contribution is 0.403. The molecule has 2 aromatic rings. The molecule has 0 heterocycles. The number of nitrogens with one attached hydrogen (secondary N) is 1. The molecule has 3 N–H and O–H groups in total. The second-order valence-electron chi connectivity index (χ2n) is 5.28. The summed E-state index contributed by atoms with van der Waals surface area (Å²) in [5.41, 5.74) is 2.29. The van der Waals surface area contributed by atoms with Gasteiger partial charge in [-0.15, -0.1) is 0 Å². The molecule has 2 rings (SSSR count). The molecule has 0 fully saturated rings. The van der Waals surface area contributed by atoms with Crippen LogP contribution in [-0.2, 0) is 12.8 Å². The zero-order valence-corrected chi connectivity index (χ0v) is 12.9. The van der Waals surface area contributed by atoms with Crippen LogP contribution in [0.15, 0.2) is 42.5 Å². The van der Waals surface area contributed by atoms with E-state index in [0.29, 0.717) is 0 Å². The number of benzene rings is 2. The van der Waals surface area contributed by atoms with Crippen LogP contribution < -0.4 is 10.1 Å². The van der Waals surface area contributed by atoms with Crippen molar-refractivity contribution in [3.8, 4) is 17.2 Å². The van der Waals surface area contributed by atoms with Crippen molar-refractivity contribution in [3.05, 3.63) is 53.6 Å². The van der Waals surface area contributed by atoms with Crippen molar-refractivity contribution in [1.82, 2.24) is 5.32 Å². The van der Waals surface area contributed by atoms with Crippen LogP contribution in [0.3, 0.4) is 0 Å². The lowest BCUT2D eigenvalue weighted by Gasteiger charge is -2.07. The predicted molar refractivity (Wildman–Crippen MR) is 87.7 cm³/mol. The van der Waals surface area contributed by atoms with Crippen molar-refractivity contribution in [3.63, 3.8) is 0 Å². The van der Waals surface area contributed by atoms with Gasteiger partial charge in [0, 0.05) is 0 Å². The second kappa shape index (κ2) is 8.29. The number of aryl methyl sites for hydroxylation is 1. The van der Waals surface area contributed by atoms with E-state index in [1.54, 1.807) is 13.2 Å². The van der Waals surface area contributed by atoms with Gasteiger partial charge in [-0.1, -0.05) is 18.2 Å². The van der Waals surface area contributed by atoms with Gasteiger partial charge in [0.25, 0.3) is 0 Å². The SMILES string of the molecule is COc1cccc(CCCNCCc2ccc(O)c(O)c2)c1. The topological polar surface area (TPSA) is 61.7 Å². The fourth-order valence-electron chi connectivity index (χ4n) is 2.33. The van der Waals surface area contributed by atoms with E-state index in [-0.39, 0.29) is 11.5 Å². The Labute approximate surface area is 131 Å². The molecule has 0 radical (unpaired) electrons. The first-order valence-corrected chi connectivity index (χ1v) is 7.53. The van der Waals surface area contributed by atoms with Gasteiger partial charge in [0.1, 0.15) is 5.75 Å². The molecule has 0 spiro atoms. The number of hydrogen-bond acceptors (Lipinski definition) is 4. The number of ether oxygens (including phenoxy) is 1. The smallest absolute Gasteiger partial charge is 0.157 e. The van der Waals surface area contributed by atoms with Gasteiger partial charge >= 0.3 is 0 Å². The highest BCUT2D eigenvalue weighted by atomic mass is 16.5. The van der Waals surface area contributed by atoms with E-state index in [0.717, 1.165) is 43.7 Å². The molecule has 2 aromatic carbocycles. The highest BCUT2D eigenvalue weighted by molar-refractivity contribution is 5.40. The minimum atomic E-state index is -0.0741. The number of hydrogen-bond donors (Lipinski definition) is 3. The van der Waals surface area contributed by atoms with Crippen LogP contribution in [0, 0.1) is 0 Å². The largest absolute Gasteiger partial charge is 0.504 e. The van der Waals surface area contributed by atoms with Gasteiger partial charge in [-0.2, -0.15) is 0 Å². The molecular weight excluding hydrogens is 278 g/mol. The summed E-state index contributed by atoms with van der Waals surface area (Å²) in [5, 5.41) is 22.1. The van der Waals surface area contributed by atoms with E-state index < -0.39 is 0 Å². The van der Waals surface area contributed by atoms with Crippen LogP contribution >= 0.6 is 0 Å². The number of methoxy groups -OCH3 is 1. The number of rotatable bonds is 8. The normalized spacial score (nSPS) is 10.6. The summed E-state index contributed by atoms with van der Waals surface area (Å²) < 4.78 is 5.21.